The molecule has 0 aliphatic carbocycles. The van der Waals surface area contributed by atoms with Gasteiger partial charge in [-0.25, -0.2) is 61.5 Å². The van der Waals surface area contributed by atoms with Gasteiger partial charge in [0.2, 0.25) is 11.6 Å². The van der Waals surface area contributed by atoms with E-state index >= 15 is 0 Å². The molecule has 0 aliphatic heterocycles. The number of benzene rings is 4. The maximum Gasteiger partial charge on any atom is 0.200 e. The summed E-state index contributed by atoms with van der Waals surface area (Å²) in [5, 5.41) is 2.00. The van der Waals surface area contributed by atoms with Gasteiger partial charge in [0.1, 0.15) is 23.3 Å². The summed E-state index contributed by atoms with van der Waals surface area (Å²) in [6.07, 6.45) is 0. The normalized spacial score (nSPS) is 11.3. The maximum absolute atomic E-state index is 14.6. The Morgan fingerprint density at radius 1 is 0.282 bits per heavy atom. The van der Waals surface area contributed by atoms with Crippen LogP contribution >= 0.6 is 0 Å². The van der Waals surface area contributed by atoms with Gasteiger partial charge in [-0.15, -0.1) is 0 Å². The van der Waals surface area contributed by atoms with Crippen molar-refractivity contribution in [3.8, 4) is 22.3 Å². The molecule has 0 aromatic heterocycles. The SMILES string of the molecule is Fc1cc(Nc2cc(F)c(-c3c(F)c(F)c(F)c(F)c3F)c(F)c2)cc(F)c1-c1c(F)c(F)c(F)c(F)c1F. The fourth-order valence-electron chi connectivity index (χ4n) is 3.58. The summed E-state index contributed by atoms with van der Waals surface area (Å²) >= 11 is 0. The molecule has 0 bridgehead atoms. The third-order valence-corrected chi connectivity index (χ3v) is 5.29. The molecule has 4 aromatic rings. The topological polar surface area (TPSA) is 12.0 Å². The highest BCUT2D eigenvalue weighted by molar-refractivity contribution is 5.73. The Morgan fingerprint density at radius 2 is 0.487 bits per heavy atom. The van der Waals surface area contributed by atoms with Crippen LogP contribution in [0.15, 0.2) is 24.3 Å². The van der Waals surface area contributed by atoms with Crippen molar-refractivity contribution in [3.63, 3.8) is 0 Å². The molecule has 0 atom stereocenters. The van der Waals surface area contributed by atoms with Crippen LogP contribution in [0, 0.1) is 81.4 Å². The lowest BCUT2D eigenvalue weighted by Crippen LogP contribution is -2.07. The Kier molecular flexibility index (Phi) is 6.95. The number of rotatable bonds is 4. The first kappa shape index (κ1) is 27.7. The zero-order valence-corrected chi connectivity index (χ0v) is 18.1. The van der Waals surface area contributed by atoms with Gasteiger partial charge < -0.3 is 5.32 Å². The molecule has 0 heterocycles. The Bertz CT molecular complexity index is 1450. The lowest BCUT2D eigenvalue weighted by molar-refractivity contribution is 0.380. The van der Waals surface area contributed by atoms with Gasteiger partial charge in [-0.05, 0) is 24.3 Å². The molecule has 0 aliphatic rings. The van der Waals surface area contributed by atoms with Crippen LogP contribution in [-0.4, -0.2) is 0 Å². The standard InChI is InChI=1S/C24H5F14N/c25-7-1-5(2-8(26)11(7)13-15(29)19(33)23(37)20(34)16(13)30)39-6-3-9(27)12(10(28)4-6)14-17(31)21(35)24(38)22(36)18(14)32/h1-4,39H. The van der Waals surface area contributed by atoms with Crippen molar-refractivity contribution >= 4 is 11.4 Å². The lowest BCUT2D eigenvalue weighted by atomic mass is 10.0. The highest BCUT2D eigenvalue weighted by Gasteiger charge is 2.32. The van der Waals surface area contributed by atoms with E-state index in [9.17, 15) is 61.5 Å². The van der Waals surface area contributed by atoms with Gasteiger partial charge in [0.25, 0.3) is 0 Å². The first-order valence-electron chi connectivity index (χ1n) is 9.96. The molecule has 0 saturated heterocycles. The second-order valence-corrected chi connectivity index (χ2v) is 7.64. The van der Waals surface area contributed by atoms with E-state index in [0.29, 0.717) is 0 Å². The summed E-state index contributed by atoms with van der Waals surface area (Å²) in [5.41, 5.74) is -8.80. The average molecular weight is 573 g/mol. The van der Waals surface area contributed by atoms with E-state index in [2.05, 4.69) is 0 Å². The zero-order valence-electron chi connectivity index (χ0n) is 18.1. The van der Waals surface area contributed by atoms with Gasteiger partial charge in [0, 0.05) is 11.4 Å². The van der Waals surface area contributed by atoms with E-state index in [1.807, 2.05) is 5.32 Å². The third-order valence-electron chi connectivity index (χ3n) is 5.29. The third kappa shape index (κ3) is 4.40. The minimum atomic E-state index is -2.59. The van der Waals surface area contributed by atoms with Gasteiger partial charge >= 0.3 is 0 Å². The minimum absolute atomic E-state index is 0.226. The summed E-state index contributed by atoms with van der Waals surface area (Å²) in [6.45, 7) is 0. The monoisotopic (exact) mass is 573 g/mol. The van der Waals surface area contributed by atoms with Crippen LogP contribution < -0.4 is 5.32 Å². The fourth-order valence-corrected chi connectivity index (χ4v) is 3.58. The van der Waals surface area contributed by atoms with E-state index in [-0.39, 0.29) is 24.3 Å². The second-order valence-electron chi connectivity index (χ2n) is 7.64. The van der Waals surface area contributed by atoms with Crippen LogP contribution in [0.1, 0.15) is 0 Å². The summed E-state index contributed by atoms with van der Waals surface area (Å²) in [7, 11) is 0. The molecule has 0 fully saturated rings. The van der Waals surface area contributed by atoms with Crippen LogP contribution in [0.2, 0.25) is 0 Å². The Labute approximate surface area is 206 Å². The number of nitrogens with one attached hydrogen (secondary N) is 1. The van der Waals surface area contributed by atoms with E-state index in [1.54, 1.807) is 0 Å². The molecule has 0 spiro atoms. The molecule has 0 radical (unpaired) electrons. The van der Waals surface area contributed by atoms with E-state index < -0.39 is 115 Å². The number of halogens is 14. The van der Waals surface area contributed by atoms with Crippen molar-refractivity contribution in [1.29, 1.82) is 0 Å². The van der Waals surface area contributed by atoms with Gasteiger partial charge in [-0.2, -0.15) is 0 Å². The predicted octanol–water partition coefficient (Wildman–Crippen LogP) is 8.71. The summed E-state index contributed by atoms with van der Waals surface area (Å²) < 4.78 is 195. The van der Waals surface area contributed by atoms with Crippen molar-refractivity contribution in [2.24, 2.45) is 0 Å². The van der Waals surface area contributed by atoms with Crippen molar-refractivity contribution in [1.82, 2.24) is 0 Å². The highest BCUT2D eigenvalue weighted by Crippen LogP contribution is 2.38. The number of anilines is 2. The minimum Gasteiger partial charge on any atom is -0.355 e. The first-order chi connectivity index (χ1) is 18.2. The number of hydrogen-bond acceptors (Lipinski definition) is 1. The molecule has 0 saturated carbocycles. The molecular formula is C24H5F14N. The molecule has 0 amide bonds. The molecule has 204 valence electrons. The maximum atomic E-state index is 14.6. The van der Waals surface area contributed by atoms with Crippen LogP contribution in [0.5, 0.6) is 0 Å². The molecular weight excluding hydrogens is 568 g/mol. The average Bonchev–Trinajstić information content (AvgIpc) is 2.87. The second kappa shape index (κ2) is 9.78. The Balaban J connectivity index is 1.78. The molecule has 39 heavy (non-hydrogen) atoms. The van der Waals surface area contributed by atoms with Gasteiger partial charge in [-0.3, -0.25) is 0 Å². The van der Waals surface area contributed by atoms with E-state index in [4.69, 9.17) is 0 Å². The largest absolute Gasteiger partial charge is 0.355 e. The van der Waals surface area contributed by atoms with E-state index in [0.717, 1.165) is 0 Å². The number of hydrogen-bond donors (Lipinski definition) is 1. The molecule has 1 N–H and O–H groups in total. The van der Waals surface area contributed by atoms with Gasteiger partial charge in [-0.1, -0.05) is 0 Å². The fraction of sp³-hybridized carbons (Fsp3) is 0. The van der Waals surface area contributed by atoms with Crippen molar-refractivity contribution in [2.45, 2.75) is 0 Å². The van der Waals surface area contributed by atoms with Crippen LogP contribution in [0.3, 0.4) is 0 Å². The smallest absolute Gasteiger partial charge is 0.200 e. The molecule has 15 heteroatoms. The molecule has 4 aromatic carbocycles. The van der Waals surface area contributed by atoms with Gasteiger partial charge in [0.15, 0.2) is 46.5 Å². The quantitative estimate of drug-likeness (QED) is 0.146. The summed E-state index contributed by atoms with van der Waals surface area (Å²) in [6, 6.07) is 0.906. The van der Waals surface area contributed by atoms with E-state index in [1.165, 1.54) is 0 Å². The van der Waals surface area contributed by atoms with Crippen LogP contribution in [0.25, 0.3) is 22.3 Å². The molecule has 1 nitrogen and oxygen atoms in total. The summed E-state index contributed by atoms with van der Waals surface area (Å²) in [5.74, 6) is -33.0. The lowest BCUT2D eigenvalue weighted by Gasteiger charge is -2.14. The molecule has 0 unspecified atom stereocenters. The van der Waals surface area contributed by atoms with Crippen LogP contribution in [0.4, 0.5) is 72.8 Å². The first-order valence-corrected chi connectivity index (χ1v) is 9.96. The Morgan fingerprint density at radius 3 is 0.718 bits per heavy atom. The van der Waals surface area contributed by atoms with Gasteiger partial charge in [0.05, 0.1) is 22.3 Å². The Hall–Kier alpha value is -4.30. The van der Waals surface area contributed by atoms with Crippen molar-refractivity contribution in [3.05, 3.63) is 106 Å². The highest BCUT2D eigenvalue weighted by atomic mass is 19.2. The predicted molar refractivity (Wildman–Crippen MR) is 106 cm³/mol. The van der Waals surface area contributed by atoms with Crippen molar-refractivity contribution < 1.29 is 61.5 Å². The summed E-state index contributed by atoms with van der Waals surface area (Å²) in [4.78, 5) is 0. The van der Waals surface area contributed by atoms with Crippen LogP contribution in [-0.2, 0) is 0 Å². The molecule has 4 rings (SSSR count). The zero-order chi connectivity index (χ0) is 29.1. The van der Waals surface area contributed by atoms with Crippen molar-refractivity contribution in [2.75, 3.05) is 5.32 Å².